The number of carboxylic acids is 1. The first kappa shape index (κ1) is 15.0. The summed E-state index contributed by atoms with van der Waals surface area (Å²) >= 11 is 0. The third kappa shape index (κ3) is 3.01. The van der Waals surface area contributed by atoms with Crippen molar-refractivity contribution in [2.45, 2.75) is 40.2 Å². The van der Waals surface area contributed by atoms with Gasteiger partial charge in [-0.3, -0.25) is 4.68 Å². The lowest BCUT2D eigenvalue weighted by molar-refractivity contribution is 0.0691. The van der Waals surface area contributed by atoms with E-state index in [0.29, 0.717) is 36.4 Å². The summed E-state index contributed by atoms with van der Waals surface area (Å²) in [4.78, 5) is 11.6. The molecule has 0 spiro atoms. The zero-order chi connectivity index (χ0) is 15.4. The molecule has 1 N–H and O–H groups in total. The summed E-state index contributed by atoms with van der Waals surface area (Å²) in [5.41, 5.74) is 1.43. The van der Waals surface area contributed by atoms with Crippen LogP contribution in [-0.4, -0.2) is 31.1 Å². The topological polar surface area (TPSA) is 90.1 Å². The molecule has 0 saturated carbocycles. The molecule has 0 aliphatic heterocycles. The summed E-state index contributed by atoms with van der Waals surface area (Å²) < 4.78 is 7.24. The zero-order valence-electron chi connectivity index (χ0n) is 12.3. The number of carbonyl (C=O) groups is 1. The average molecular weight is 290 g/mol. The first-order valence-corrected chi connectivity index (χ1v) is 6.92. The van der Waals surface area contributed by atoms with Crippen molar-refractivity contribution >= 4 is 5.97 Å². The summed E-state index contributed by atoms with van der Waals surface area (Å²) in [6, 6.07) is 0. The van der Waals surface area contributed by atoms with Crippen LogP contribution >= 0.6 is 0 Å². The molecule has 0 radical (unpaired) electrons. The predicted molar refractivity (Wildman–Crippen MR) is 75.7 cm³/mol. The van der Waals surface area contributed by atoms with E-state index >= 15 is 0 Å². The minimum absolute atomic E-state index is 0.00667. The van der Waals surface area contributed by atoms with Crippen LogP contribution in [0.1, 0.15) is 42.4 Å². The Morgan fingerprint density at radius 1 is 1.29 bits per heavy atom. The number of carboxylic acid groups (broad SMARTS) is 1. The smallest absolute Gasteiger partial charge is 0.341 e. The standard InChI is InChI=1S/C14H18N4O3/c1-4-10-11(5-2)16-17-13(12(10)14(19)20)21-9-7-15-18(6-3)8-9/h7-8H,4-6H2,1-3H3,(H,19,20). The number of aryl methyl sites for hydroxylation is 2. The fourth-order valence-electron chi connectivity index (χ4n) is 2.13. The van der Waals surface area contributed by atoms with Gasteiger partial charge in [0.05, 0.1) is 18.1 Å². The molecule has 2 rings (SSSR count). The van der Waals surface area contributed by atoms with Gasteiger partial charge in [0.15, 0.2) is 5.75 Å². The molecule has 0 bridgehead atoms. The molecule has 0 saturated heterocycles. The van der Waals surface area contributed by atoms with E-state index in [-0.39, 0.29) is 11.4 Å². The van der Waals surface area contributed by atoms with Crippen LogP contribution < -0.4 is 4.74 Å². The number of nitrogens with zero attached hydrogens (tertiary/aromatic N) is 4. The maximum absolute atomic E-state index is 11.6. The fraction of sp³-hybridized carbons (Fsp3) is 0.429. The predicted octanol–water partition coefficient (Wildman–Crippen LogP) is 2.31. The van der Waals surface area contributed by atoms with Gasteiger partial charge in [-0.25, -0.2) is 4.79 Å². The summed E-state index contributed by atoms with van der Waals surface area (Å²) in [6.07, 6.45) is 4.40. The highest BCUT2D eigenvalue weighted by Gasteiger charge is 2.22. The summed E-state index contributed by atoms with van der Waals surface area (Å²) in [6.45, 7) is 6.46. The van der Waals surface area contributed by atoms with Crippen molar-refractivity contribution in [1.29, 1.82) is 0 Å². The Morgan fingerprint density at radius 3 is 2.57 bits per heavy atom. The second-order valence-corrected chi connectivity index (χ2v) is 4.45. The number of ether oxygens (including phenoxy) is 1. The van der Waals surface area contributed by atoms with E-state index in [0.717, 1.165) is 0 Å². The summed E-state index contributed by atoms with van der Waals surface area (Å²) in [5.74, 6) is -0.610. The highest BCUT2D eigenvalue weighted by molar-refractivity contribution is 5.92. The lowest BCUT2D eigenvalue weighted by Gasteiger charge is -2.11. The molecule has 2 aromatic rings. The maximum Gasteiger partial charge on any atom is 0.341 e. The molecule has 7 heteroatoms. The lowest BCUT2D eigenvalue weighted by Crippen LogP contribution is -2.11. The Labute approximate surface area is 122 Å². The van der Waals surface area contributed by atoms with Gasteiger partial charge in [0.25, 0.3) is 5.88 Å². The molecule has 21 heavy (non-hydrogen) atoms. The summed E-state index contributed by atoms with van der Waals surface area (Å²) in [5, 5.41) is 21.5. The number of aromatic nitrogens is 4. The highest BCUT2D eigenvalue weighted by atomic mass is 16.5. The van der Waals surface area contributed by atoms with Crippen molar-refractivity contribution in [3.05, 3.63) is 29.2 Å². The molecule has 2 heterocycles. The average Bonchev–Trinajstić information content (AvgIpc) is 2.93. The van der Waals surface area contributed by atoms with E-state index in [2.05, 4.69) is 15.3 Å². The number of hydrogen-bond donors (Lipinski definition) is 1. The number of aromatic carboxylic acids is 1. The Kier molecular flexibility index (Phi) is 4.52. The molecule has 2 aromatic heterocycles. The largest absolute Gasteiger partial charge is 0.477 e. The van der Waals surface area contributed by atoms with Crippen LogP contribution in [0, 0.1) is 0 Å². The van der Waals surface area contributed by atoms with Crippen LogP contribution in [-0.2, 0) is 19.4 Å². The molecular weight excluding hydrogens is 272 g/mol. The Bertz CT molecular complexity index is 652. The number of rotatable bonds is 6. The van der Waals surface area contributed by atoms with E-state index in [9.17, 15) is 9.90 Å². The minimum atomic E-state index is -1.06. The molecule has 0 aromatic carbocycles. The Hall–Kier alpha value is -2.44. The minimum Gasteiger partial charge on any atom is -0.477 e. The Balaban J connectivity index is 2.45. The van der Waals surface area contributed by atoms with Gasteiger partial charge < -0.3 is 9.84 Å². The van der Waals surface area contributed by atoms with Gasteiger partial charge in [-0.1, -0.05) is 13.8 Å². The van der Waals surface area contributed by atoms with E-state index in [4.69, 9.17) is 4.74 Å². The van der Waals surface area contributed by atoms with Crippen molar-refractivity contribution in [1.82, 2.24) is 20.0 Å². The quantitative estimate of drug-likeness (QED) is 0.878. The molecule has 7 nitrogen and oxygen atoms in total. The van der Waals surface area contributed by atoms with Crippen molar-refractivity contribution in [2.75, 3.05) is 0 Å². The molecular formula is C14H18N4O3. The first-order valence-electron chi connectivity index (χ1n) is 6.92. The molecule has 0 unspecified atom stereocenters. The second kappa shape index (κ2) is 6.34. The highest BCUT2D eigenvalue weighted by Crippen LogP contribution is 2.27. The van der Waals surface area contributed by atoms with Gasteiger partial charge in [0.1, 0.15) is 5.56 Å². The van der Waals surface area contributed by atoms with Crippen molar-refractivity contribution in [3.8, 4) is 11.6 Å². The van der Waals surface area contributed by atoms with Crippen molar-refractivity contribution in [2.24, 2.45) is 0 Å². The van der Waals surface area contributed by atoms with E-state index < -0.39 is 5.97 Å². The van der Waals surface area contributed by atoms with Crippen LogP contribution in [0.4, 0.5) is 0 Å². The molecule has 0 atom stereocenters. The molecule has 0 fully saturated rings. The van der Waals surface area contributed by atoms with Crippen LogP contribution in [0.5, 0.6) is 11.6 Å². The van der Waals surface area contributed by atoms with Gasteiger partial charge in [0.2, 0.25) is 0 Å². The fourth-order valence-corrected chi connectivity index (χ4v) is 2.13. The van der Waals surface area contributed by atoms with E-state index in [1.807, 2.05) is 20.8 Å². The van der Waals surface area contributed by atoms with Gasteiger partial charge in [-0.15, -0.1) is 5.10 Å². The van der Waals surface area contributed by atoms with Crippen LogP contribution in [0.2, 0.25) is 0 Å². The van der Waals surface area contributed by atoms with Crippen molar-refractivity contribution in [3.63, 3.8) is 0 Å². The second-order valence-electron chi connectivity index (χ2n) is 4.45. The third-order valence-electron chi connectivity index (χ3n) is 3.18. The molecule has 0 aliphatic carbocycles. The van der Waals surface area contributed by atoms with Gasteiger partial charge in [-0.2, -0.15) is 10.2 Å². The van der Waals surface area contributed by atoms with Crippen LogP contribution in [0.25, 0.3) is 0 Å². The van der Waals surface area contributed by atoms with Crippen LogP contribution in [0.15, 0.2) is 12.4 Å². The van der Waals surface area contributed by atoms with Gasteiger partial charge >= 0.3 is 5.97 Å². The van der Waals surface area contributed by atoms with Crippen molar-refractivity contribution < 1.29 is 14.6 Å². The number of hydrogen-bond acceptors (Lipinski definition) is 5. The lowest BCUT2D eigenvalue weighted by atomic mass is 10.0. The summed E-state index contributed by atoms with van der Waals surface area (Å²) in [7, 11) is 0. The van der Waals surface area contributed by atoms with E-state index in [1.165, 1.54) is 6.20 Å². The normalized spacial score (nSPS) is 10.6. The Morgan fingerprint density at radius 2 is 2.05 bits per heavy atom. The molecule has 0 amide bonds. The first-order chi connectivity index (χ1) is 10.1. The van der Waals surface area contributed by atoms with Gasteiger partial charge in [-0.05, 0) is 25.3 Å². The molecule has 0 aliphatic rings. The van der Waals surface area contributed by atoms with E-state index in [1.54, 1.807) is 10.9 Å². The van der Waals surface area contributed by atoms with Gasteiger partial charge in [0, 0.05) is 6.54 Å². The monoisotopic (exact) mass is 290 g/mol. The van der Waals surface area contributed by atoms with Crippen LogP contribution in [0.3, 0.4) is 0 Å². The molecule has 112 valence electrons. The SMILES string of the molecule is CCc1nnc(Oc2cnn(CC)c2)c(C(=O)O)c1CC. The third-order valence-corrected chi connectivity index (χ3v) is 3.18. The zero-order valence-corrected chi connectivity index (χ0v) is 12.3. The maximum atomic E-state index is 11.6.